The fourth-order valence-corrected chi connectivity index (χ4v) is 2.44. The van der Waals surface area contributed by atoms with Gasteiger partial charge in [0.15, 0.2) is 0 Å². The van der Waals surface area contributed by atoms with Gasteiger partial charge < -0.3 is 15.2 Å². The summed E-state index contributed by atoms with van der Waals surface area (Å²) in [6.45, 7) is 9.68. The van der Waals surface area contributed by atoms with Gasteiger partial charge in [0.25, 0.3) is 0 Å². The van der Waals surface area contributed by atoms with Crippen molar-refractivity contribution >= 4 is 0 Å². The van der Waals surface area contributed by atoms with Crippen LogP contribution in [-0.4, -0.2) is 55.4 Å². The van der Waals surface area contributed by atoms with Crippen LogP contribution in [0.4, 0.5) is 0 Å². The van der Waals surface area contributed by atoms with Crippen LogP contribution in [0, 0.1) is 6.92 Å². The Morgan fingerprint density at radius 1 is 1.25 bits per heavy atom. The van der Waals surface area contributed by atoms with Crippen LogP contribution in [0.15, 0.2) is 24.3 Å². The van der Waals surface area contributed by atoms with E-state index in [1.165, 1.54) is 5.56 Å². The van der Waals surface area contributed by atoms with E-state index in [-0.39, 0.29) is 6.04 Å². The number of ether oxygens (including phenoxy) is 1. The molecule has 1 fully saturated rings. The van der Waals surface area contributed by atoms with Crippen molar-refractivity contribution in [3.8, 4) is 0 Å². The van der Waals surface area contributed by atoms with E-state index >= 15 is 0 Å². The van der Waals surface area contributed by atoms with Crippen LogP contribution in [0.5, 0.6) is 0 Å². The topological polar surface area (TPSA) is 44.7 Å². The van der Waals surface area contributed by atoms with Crippen molar-refractivity contribution in [3.63, 3.8) is 0 Å². The second kappa shape index (κ2) is 7.74. The average molecular weight is 278 g/mol. The third-order valence-electron chi connectivity index (χ3n) is 3.89. The molecule has 2 atom stereocenters. The number of morpholine rings is 1. The summed E-state index contributed by atoms with van der Waals surface area (Å²) in [4.78, 5) is 2.39. The van der Waals surface area contributed by atoms with E-state index in [4.69, 9.17) is 4.74 Å². The number of hydrogen-bond donors (Lipinski definition) is 2. The highest BCUT2D eigenvalue weighted by molar-refractivity contribution is 5.23. The molecular weight excluding hydrogens is 252 g/mol. The maximum atomic E-state index is 10.3. The lowest BCUT2D eigenvalue weighted by molar-refractivity contribution is 0.0372. The summed E-state index contributed by atoms with van der Waals surface area (Å²) in [7, 11) is 0. The smallest absolute Gasteiger partial charge is 0.0940 e. The maximum absolute atomic E-state index is 10.3. The van der Waals surface area contributed by atoms with E-state index < -0.39 is 6.10 Å². The van der Waals surface area contributed by atoms with Gasteiger partial charge >= 0.3 is 0 Å². The minimum atomic E-state index is -0.458. The molecule has 0 saturated carbocycles. The normalized spacial score (nSPS) is 19.8. The second-order valence-corrected chi connectivity index (χ2v) is 5.55. The van der Waals surface area contributed by atoms with Crippen molar-refractivity contribution in [2.75, 3.05) is 39.4 Å². The lowest BCUT2D eigenvalue weighted by atomic mass is 10.0. The average Bonchev–Trinajstić information content (AvgIpc) is 2.48. The number of aliphatic hydroxyl groups excluding tert-OH is 1. The molecule has 2 N–H and O–H groups in total. The molecule has 1 heterocycles. The number of nitrogens with one attached hydrogen (secondary N) is 1. The van der Waals surface area contributed by atoms with Gasteiger partial charge in [0.2, 0.25) is 0 Å². The highest BCUT2D eigenvalue weighted by atomic mass is 16.5. The first-order valence-corrected chi connectivity index (χ1v) is 7.45. The SMILES string of the molecule is Cc1ccc(C(O)C(C)NCCN2CCOCC2)cc1. The Balaban J connectivity index is 1.73. The van der Waals surface area contributed by atoms with Gasteiger partial charge in [0, 0.05) is 32.2 Å². The van der Waals surface area contributed by atoms with Crippen LogP contribution in [0.3, 0.4) is 0 Å². The molecule has 0 radical (unpaired) electrons. The first kappa shape index (κ1) is 15.4. The molecule has 0 aliphatic carbocycles. The van der Waals surface area contributed by atoms with E-state index in [1.807, 2.05) is 31.2 Å². The second-order valence-electron chi connectivity index (χ2n) is 5.55. The number of aryl methyl sites for hydroxylation is 1. The quantitative estimate of drug-likeness (QED) is 0.824. The Morgan fingerprint density at radius 2 is 1.90 bits per heavy atom. The highest BCUT2D eigenvalue weighted by Crippen LogP contribution is 2.17. The van der Waals surface area contributed by atoms with Crippen molar-refractivity contribution < 1.29 is 9.84 Å². The Labute approximate surface area is 121 Å². The standard InChI is InChI=1S/C16H26N2O2/c1-13-3-5-15(6-4-13)16(19)14(2)17-7-8-18-9-11-20-12-10-18/h3-6,14,16-17,19H,7-12H2,1-2H3. The molecule has 112 valence electrons. The van der Waals surface area contributed by atoms with Crippen LogP contribution in [0.25, 0.3) is 0 Å². The lowest BCUT2D eigenvalue weighted by Gasteiger charge is -2.28. The molecule has 4 heteroatoms. The largest absolute Gasteiger partial charge is 0.387 e. The molecule has 4 nitrogen and oxygen atoms in total. The zero-order valence-electron chi connectivity index (χ0n) is 12.5. The predicted molar refractivity (Wildman–Crippen MR) is 80.9 cm³/mol. The summed E-state index contributed by atoms with van der Waals surface area (Å²) >= 11 is 0. The summed E-state index contributed by atoms with van der Waals surface area (Å²) in [6, 6.07) is 8.14. The first-order chi connectivity index (χ1) is 9.66. The van der Waals surface area contributed by atoms with Gasteiger partial charge in [0.1, 0.15) is 0 Å². The van der Waals surface area contributed by atoms with Crippen molar-refractivity contribution in [2.24, 2.45) is 0 Å². The lowest BCUT2D eigenvalue weighted by Crippen LogP contribution is -2.42. The molecule has 1 aromatic rings. The number of hydrogen-bond acceptors (Lipinski definition) is 4. The van der Waals surface area contributed by atoms with Crippen LogP contribution in [-0.2, 0) is 4.74 Å². The fourth-order valence-electron chi connectivity index (χ4n) is 2.44. The fraction of sp³-hybridized carbons (Fsp3) is 0.625. The van der Waals surface area contributed by atoms with Crippen LogP contribution >= 0.6 is 0 Å². The van der Waals surface area contributed by atoms with E-state index in [0.717, 1.165) is 45.0 Å². The Hall–Kier alpha value is -0.940. The van der Waals surface area contributed by atoms with Crippen molar-refractivity contribution in [2.45, 2.75) is 26.0 Å². The molecule has 0 amide bonds. The van der Waals surface area contributed by atoms with Gasteiger partial charge in [-0.15, -0.1) is 0 Å². The van der Waals surface area contributed by atoms with Gasteiger partial charge in [-0.1, -0.05) is 29.8 Å². The van der Waals surface area contributed by atoms with E-state index in [1.54, 1.807) is 0 Å². The number of rotatable bonds is 6. The van der Waals surface area contributed by atoms with Crippen LogP contribution in [0.1, 0.15) is 24.2 Å². The molecule has 2 unspecified atom stereocenters. The predicted octanol–water partition coefficient (Wildman–Crippen LogP) is 1.34. The molecule has 0 bridgehead atoms. The molecule has 1 aliphatic heterocycles. The Kier molecular flexibility index (Phi) is 5.98. The zero-order chi connectivity index (χ0) is 14.4. The third-order valence-corrected chi connectivity index (χ3v) is 3.89. The summed E-state index contributed by atoms with van der Waals surface area (Å²) < 4.78 is 5.33. The molecule has 1 aliphatic rings. The van der Waals surface area contributed by atoms with E-state index in [0.29, 0.717) is 0 Å². The summed E-state index contributed by atoms with van der Waals surface area (Å²) in [5.74, 6) is 0. The Morgan fingerprint density at radius 3 is 2.55 bits per heavy atom. The molecule has 0 aromatic heterocycles. The number of nitrogens with zero attached hydrogens (tertiary/aromatic N) is 1. The van der Waals surface area contributed by atoms with Gasteiger partial charge in [-0.05, 0) is 19.4 Å². The minimum Gasteiger partial charge on any atom is -0.387 e. The number of aliphatic hydroxyl groups is 1. The summed E-state index contributed by atoms with van der Waals surface area (Å²) in [6.07, 6.45) is -0.458. The van der Waals surface area contributed by atoms with Crippen molar-refractivity contribution in [1.29, 1.82) is 0 Å². The summed E-state index contributed by atoms with van der Waals surface area (Å²) in [5.41, 5.74) is 2.19. The molecule has 1 aromatic carbocycles. The third kappa shape index (κ3) is 4.56. The minimum absolute atomic E-state index is 0.0544. The molecular formula is C16H26N2O2. The van der Waals surface area contributed by atoms with Crippen molar-refractivity contribution in [1.82, 2.24) is 10.2 Å². The van der Waals surface area contributed by atoms with Gasteiger partial charge in [-0.25, -0.2) is 0 Å². The monoisotopic (exact) mass is 278 g/mol. The summed E-state index contributed by atoms with van der Waals surface area (Å²) in [5, 5.41) is 13.7. The molecule has 2 rings (SSSR count). The van der Waals surface area contributed by atoms with E-state index in [9.17, 15) is 5.11 Å². The van der Waals surface area contributed by atoms with Crippen LogP contribution in [0.2, 0.25) is 0 Å². The Bertz CT molecular complexity index is 388. The van der Waals surface area contributed by atoms with Crippen LogP contribution < -0.4 is 5.32 Å². The van der Waals surface area contributed by atoms with Gasteiger partial charge in [-0.2, -0.15) is 0 Å². The maximum Gasteiger partial charge on any atom is 0.0940 e. The van der Waals surface area contributed by atoms with Gasteiger partial charge in [-0.3, -0.25) is 4.90 Å². The van der Waals surface area contributed by atoms with E-state index in [2.05, 4.69) is 17.1 Å². The first-order valence-electron chi connectivity index (χ1n) is 7.45. The molecule has 1 saturated heterocycles. The van der Waals surface area contributed by atoms with Crippen molar-refractivity contribution in [3.05, 3.63) is 35.4 Å². The number of benzene rings is 1. The highest BCUT2D eigenvalue weighted by Gasteiger charge is 2.16. The van der Waals surface area contributed by atoms with Gasteiger partial charge in [0.05, 0.1) is 19.3 Å². The molecule has 20 heavy (non-hydrogen) atoms. The molecule has 0 spiro atoms. The zero-order valence-corrected chi connectivity index (χ0v) is 12.5.